The Balaban J connectivity index is 0.000000297. The molecule has 0 aromatic heterocycles. The summed E-state index contributed by atoms with van der Waals surface area (Å²) in [4.78, 5) is 2.36. The summed E-state index contributed by atoms with van der Waals surface area (Å²) >= 11 is 6.96. The molecule has 0 amide bonds. The van der Waals surface area contributed by atoms with Crippen LogP contribution in [0.15, 0.2) is 60.7 Å². The summed E-state index contributed by atoms with van der Waals surface area (Å²) in [5, 5.41) is 2.77. The van der Waals surface area contributed by atoms with Crippen LogP contribution in [0.1, 0.15) is 0 Å². The molecule has 130 valence electrons. The Morgan fingerprint density at radius 3 is 1.42 bits per heavy atom. The fourth-order valence-electron chi connectivity index (χ4n) is 2.50. The number of benzene rings is 2. The van der Waals surface area contributed by atoms with E-state index in [1.54, 1.807) is 0 Å². The Bertz CT molecular complexity index is 577. The summed E-state index contributed by atoms with van der Waals surface area (Å²) in [7, 11) is -0.477. The molecule has 2 aromatic carbocycles. The molecule has 0 bridgehead atoms. The maximum atomic E-state index is 3.68. The van der Waals surface area contributed by atoms with Gasteiger partial charge in [0.15, 0.2) is 0 Å². The Morgan fingerprint density at radius 1 is 0.577 bits per heavy atom. The van der Waals surface area contributed by atoms with Gasteiger partial charge in [-0.15, -0.1) is 0 Å². The number of halogens is 2. The zero-order valence-corrected chi connectivity index (χ0v) is 19.0. The molecule has 4 rings (SSSR count). The molecule has 10 radical (unpaired) electrons. The maximum absolute atomic E-state index is 3.68. The van der Waals surface area contributed by atoms with E-state index in [9.17, 15) is 0 Å². The third-order valence-corrected chi connectivity index (χ3v) is 7.66. The predicted octanol–water partition coefficient (Wildman–Crippen LogP) is 5.95. The fraction of sp³-hybridized carbons (Fsp3) is 0. The van der Waals surface area contributed by atoms with Crippen LogP contribution in [0.25, 0.3) is 0 Å². The predicted molar refractivity (Wildman–Crippen MR) is 117 cm³/mol. The molecule has 0 atom stereocenters. The largest absolute Gasteiger partial charge is 2.00 e. The van der Waals surface area contributed by atoms with Crippen molar-refractivity contribution in [3.8, 4) is 0 Å². The zero-order valence-electron chi connectivity index (χ0n) is 13.9. The van der Waals surface area contributed by atoms with E-state index in [1.807, 2.05) is 25.7 Å². The van der Waals surface area contributed by atoms with E-state index in [0.717, 1.165) is 4.83 Å². The van der Waals surface area contributed by atoms with Gasteiger partial charge in [0, 0.05) is 10.5 Å². The summed E-state index contributed by atoms with van der Waals surface area (Å²) in [6, 6.07) is 21.5. The van der Waals surface area contributed by atoms with Crippen LogP contribution in [0.4, 0.5) is 0 Å². The number of hydrogen-bond acceptors (Lipinski definition) is 0. The molecule has 2 aliphatic carbocycles. The van der Waals surface area contributed by atoms with Crippen LogP contribution in [0.2, 0.25) is 0 Å². The van der Waals surface area contributed by atoms with Crippen molar-refractivity contribution in [2.45, 2.75) is 0 Å². The van der Waals surface area contributed by atoms with E-state index in [2.05, 4.69) is 112 Å². The Hall–Kier alpha value is 0.349. The number of hydrogen-bond donors (Lipinski definition) is 0. The minimum Gasteiger partial charge on any atom is -0.0831 e. The van der Waals surface area contributed by atoms with Crippen molar-refractivity contribution < 1.29 is 17.1 Å². The molecule has 2 aliphatic rings. The van der Waals surface area contributed by atoms with Gasteiger partial charge in [-0.3, -0.25) is 0 Å². The first-order valence-electron chi connectivity index (χ1n) is 7.94. The second kappa shape index (κ2) is 12.0. The quantitative estimate of drug-likeness (QED) is 0.342. The van der Waals surface area contributed by atoms with Crippen LogP contribution < -0.4 is 10.6 Å². The summed E-state index contributed by atoms with van der Waals surface area (Å²) in [6.07, 6.45) is 14.4. The third kappa shape index (κ3) is 6.46. The Morgan fingerprint density at radius 2 is 1.08 bits per heavy atom. The van der Waals surface area contributed by atoms with Crippen LogP contribution in [0.3, 0.4) is 0 Å². The van der Waals surface area contributed by atoms with E-state index in [4.69, 9.17) is 0 Å². The van der Waals surface area contributed by atoms with Crippen LogP contribution in [0.5, 0.6) is 0 Å². The maximum Gasteiger partial charge on any atom is 2.00 e. The van der Waals surface area contributed by atoms with Gasteiger partial charge >= 0.3 is 17.1 Å². The summed E-state index contributed by atoms with van der Waals surface area (Å²) in [5.41, 5.74) is 1.38. The molecule has 26 heavy (non-hydrogen) atoms. The van der Waals surface area contributed by atoms with Crippen molar-refractivity contribution in [3.63, 3.8) is 0 Å². The third-order valence-electron chi connectivity index (χ3n) is 3.63. The second-order valence-corrected chi connectivity index (χ2v) is 9.32. The monoisotopic (exact) mass is 526 g/mol. The first-order chi connectivity index (χ1) is 12.3. The molecule has 0 aliphatic heterocycles. The molecule has 0 heterocycles. The zero-order chi connectivity index (χ0) is 17.5. The SMILES string of the molecule is Br[C]1[CH][CH][CH][CH]1.Br[C]1[CH][CH][CH][C]1P(c1ccccc1)c1ccccc1.[Fe+2]. The molecule has 0 N–H and O–H groups in total. The molecule has 0 saturated heterocycles. The van der Waals surface area contributed by atoms with Crippen molar-refractivity contribution in [2.24, 2.45) is 0 Å². The van der Waals surface area contributed by atoms with Crippen molar-refractivity contribution in [3.05, 3.63) is 121 Å². The van der Waals surface area contributed by atoms with Crippen molar-refractivity contribution >= 4 is 50.4 Å². The first kappa shape index (κ1) is 22.6. The standard InChI is InChI=1S/C17H13BrP.C5H4Br.Fe/c18-16-12-7-13-17(16)19(14-8-3-1-4-9-14)15-10-5-2-6-11-15;6-5-3-1-2-4-5;/h1-13H;1-4H;/q;;+2. The molecular weight excluding hydrogens is 511 g/mol. The van der Waals surface area contributed by atoms with E-state index in [0.29, 0.717) is 0 Å². The van der Waals surface area contributed by atoms with Gasteiger partial charge in [0.2, 0.25) is 0 Å². The smallest absolute Gasteiger partial charge is 0.0831 e. The van der Waals surface area contributed by atoms with Crippen molar-refractivity contribution in [1.82, 2.24) is 0 Å². The van der Waals surface area contributed by atoms with Crippen molar-refractivity contribution in [1.29, 1.82) is 0 Å². The number of rotatable bonds is 3. The van der Waals surface area contributed by atoms with Gasteiger partial charge in [0.05, 0.1) is 4.83 Å². The van der Waals surface area contributed by atoms with Gasteiger partial charge in [0.1, 0.15) is 0 Å². The topological polar surface area (TPSA) is 0 Å². The van der Waals surface area contributed by atoms with Gasteiger partial charge in [0.25, 0.3) is 0 Å². The van der Waals surface area contributed by atoms with Gasteiger partial charge in [-0.25, -0.2) is 0 Å². The molecule has 0 spiro atoms. The second-order valence-electron chi connectivity index (χ2n) is 5.37. The van der Waals surface area contributed by atoms with Gasteiger partial charge < -0.3 is 0 Å². The van der Waals surface area contributed by atoms with E-state index in [-0.39, 0.29) is 17.1 Å². The van der Waals surface area contributed by atoms with Gasteiger partial charge in [-0.2, -0.15) is 0 Å². The van der Waals surface area contributed by atoms with Gasteiger partial charge in [-0.05, 0) is 63.5 Å². The molecule has 2 saturated carbocycles. The summed E-state index contributed by atoms with van der Waals surface area (Å²) < 4.78 is 0. The normalized spacial score (nSPS) is 18.4. The van der Waals surface area contributed by atoms with E-state index < -0.39 is 7.92 Å². The van der Waals surface area contributed by atoms with E-state index >= 15 is 0 Å². The average Bonchev–Trinajstić information content (AvgIpc) is 3.29. The first-order valence-corrected chi connectivity index (χ1v) is 10.9. The summed E-state index contributed by atoms with van der Waals surface area (Å²) in [5.74, 6) is 0. The Kier molecular flexibility index (Phi) is 10.5. The van der Waals surface area contributed by atoms with Crippen molar-refractivity contribution in [2.75, 3.05) is 0 Å². The summed E-state index contributed by atoms with van der Waals surface area (Å²) in [6.45, 7) is 0. The van der Waals surface area contributed by atoms with Crippen LogP contribution in [0, 0.1) is 60.3 Å². The molecule has 2 aromatic rings. The van der Waals surface area contributed by atoms with Gasteiger partial charge in [-0.1, -0.05) is 92.5 Å². The minimum absolute atomic E-state index is 0. The Labute approximate surface area is 187 Å². The molecule has 4 heteroatoms. The van der Waals surface area contributed by atoms with Crippen LogP contribution in [-0.2, 0) is 17.1 Å². The molecular formula is C22H17Br2FeP+2. The average molecular weight is 528 g/mol. The molecule has 0 nitrogen and oxygen atoms in total. The fourth-order valence-corrected chi connectivity index (χ4v) is 5.94. The van der Waals surface area contributed by atoms with Crippen LogP contribution >= 0.6 is 39.8 Å². The van der Waals surface area contributed by atoms with Crippen LogP contribution in [-0.4, -0.2) is 0 Å². The minimum atomic E-state index is -0.477. The molecule has 2 fully saturated rings. The van der Waals surface area contributed by atoms with E-state index in [1.165, 1.54) is 21.1 Å². The molecule has 0 unspecified atom stereocenters.